The van der Waals surface area contributed by atoms with Crippen molar-refractivity contribution in [3.05, 3.63) is 35.4 Å². The van der Waals surface area contributed by atoms with E-state index in [0.717, 1.165) is 54.7 Å². The SMILES string of the molecule is CCCCCCCCN(O)C(=O)Nc1cc(C2CCC(c3cc(OC)c(OC)c(OC)c3)O2)cc(OC)c1OCCC. The van der Waals surface area contributed by atoms with Crippen LogP contribution < -0.4 is 29.0 Å². The Labute approximate surface area is 250 Å². The zero-order valence-electron chi connectivity index (χ0n) is 26.0. The molecule has 2 N–H and O–H groups in total. The third kappa shape index (κ3) is 8.58. The lowest BCUT2D eigenvalue weighted by Gasteiger charge is -2.22. The molecular weight excluding hydrogens is 540 g/mol. The van der Waals surface area contributed by atoms with Gasteiger partial charge >= 0.3 is 6.03 Å². The molecule has 234 valence electrons. The average Bonchev–Trinajstić information content (AvgIpc) is 3.51. The molecule has 1 aliphatic rings. The summed E-state index contributed by atoms with van der Waals surface area (Å²) in [6.45, 7) is 4.88. The lowest BCUT2D eigenvalue weighted by atomic mass is 10.0. The topological polar surface area (TPSA) is 108 Å². The van der Waals surface area contributed by atoms with E-state index in [-0.39, 0.29) is 18.8 Å². The largest absolute Gasteiger partial charge is 0.493 e. The van der Waals surface area contributed by atoms with Crippen LogP contribution in [0.3, 0.4) is 0 Å². The monoisotopic (exact) mass is 588 g/mol. The summed E-state index contributed by atoms with van der Waals surface area (Å²) < 4.78 is 34.7. The number of carbonyl (C=O) groups is 1. The van der Waals surface area contributed by atoms with Crippen molar-refractivity contribution in [2.75, 3.05) is 46.9 Å². The first-order valence-electron chi connectivity index (χ1n) is 15.0. The van der Waals surface area contributed by atoms with Gasteiger partial charge in [-0.15, -0.1) is 0 Å². The predicted octanol–water partition coefficient (Wildman–Crippen LogP) is 7.69. The van der Waals surface area contributed by atoms with Gasteiger partial charge in [0.05, 0.1) is 59.5 Å². The van der Waals surface area contributed by atoms with Crippen LogP contribution >= 0.6 is 0 Å². The fourth-order valence-corrected chi connectivity index (χ4v) is 5.14. The van der Waals surface area contributed by atoms with E-state index >= 15 is 0 Å². The molecule has 0 bridgehead atoms. The van der Waals surface area contributed by atoms with Gasteiger partial charge in [0.2, 0.25) is 5.75 Å². The van der Waals surface area contributed by atoms with Crippen LogP contribution in [0.15, 0.2) is 24.3 Å². The van der Waals surface area contributed by atoms with E-state index in [4.69, 9.17) is 28.4 Å². The summed E-state index contributed by atoms with van der Waals surface area (Å²) >= 11 is 0. The number of benzene rings is 2. The molecule has 1 fully saturated rings. The summed E-state index contributed by atoms with van der Waals surface area (Å²) in [6, 6.07) is 6.92. The third-order valence-corrected chi connectivity index (χ3v) is 7.40. The number of hydroxylamine groups is 2. The molecule has 2 aromatic rings. The minimum Gasteiger partial charge on any atom is -0.493 e. The Kier molecular flexibility index (Phi) is 13.3. The van der Waals surface area contributed by atoms with Crippen LogP contribution in [0.1, 0.15) is 95.0 Å². The summed E-state index contributed by atoms with van der Waals surface area (Å²) in [5.74, 6) is 2.57. The van der Waals surface area contributed by atoms with E-state index in [1.807, 2.05) is 31.2 Å². The molecular formula is C32H48N2O8. The van der Waals surface area contributed by atoms with Gasteiger partial charge < -0.3 is 33.7 Å². The van der Waals surface area contributed by atoms with Gasteiger partial charge in [0.15, 0.2) is 23.0 Å². The normalized spacial score (nSPS) is 16.2. The van der Waals surface area contributed by atoms with Gasteiger partial charge in [0, 0.05) is 0 Å². The molecule has 0 radical (unpaired) electrons. The van der Waals surface area contributed by atoms with E-state index in [1.165, 1.54) is 19.3 Å². The van der Waals surface area contributed by atoms with Crippen LogP contribution in [0.4, 0.5) is 10.5 Å². The molecule has 1 aliphatic heterocycles. The third-order valence-electron chi connectivity index (χ3n) is 7.40. The Balaban J connectivity index is 1.80. The van der Waals surface area contributed by atoms with Gasteiger partial charge in [0.25, 0.3) is 0 Å². The minimum absolute atomic E-state index is 0.200. The van der Waals surface area contributed by atoms with Crippen LogP contribution in [0, 0.1) is 0 Å². The highest BCUT2D eigenvalue weighted by atomic mass is 16.5. The number of nitrogens with zero attached hydrogens (tertiary/aromatic N) is 1. The first-order valence-corrected chi connectivity index (χ1v) is 15.0. The molecule has 3 rings (SSSR count). The van der Waals surface area contributed by atoms with Crippen molar-refractivity contribution in [1.29, 1.82) is 0 Å². The molecule has 0 spiro atoms. The second kappa shape index (κ2) is 16.9. The predicted molar refractivity (Wildman–Crippen MR) is 162 cm³/mol. The lowest BCUT2D eigenvalue weighted by molar-refractivity contribution is -0.0382. The molecule has 2 atom stereocenters. The molecule has 0 aliphatic carbocycles. The number of nitrogens with one attached hydrogen (secondary N) is 1. The Hall–Kier alpha value is -3.37. The van der Waals surface area contributed by atoms with Gasteiger partial charge in [0.1, 0.15) is 0 Å². The van der Waals surface area contributed by atoms with Crippen LogP contribution in [-0.2, 0) is 4.74 Å². The molecule has 0 aromatic heterocycles. The van der Waals surface area contributed by atoms with E-state index in [0.29, 0.717) is 41.0 Å². The van der Waals surface area contributed by atoms with Crippen molar-refractivity contribution in [3.8, 4) is 28.7 Å². The number of hydrogen-bond donors (Lipinski definition) is 2. The van der Waals surface area contributed by atoms with Crippen molar-refractivity contribution >= 4 is 11.7 Å². The van der Waals surface area contributed by atoms with Crippen molar-refractivity contribution in [1.82, 2.24) is 5.06 Å². The van der Waals surface area contributed by atoms with Crippen molar-refractivity contribution in [2.45, 2.75) is 83.8 Å². The summed E-state index contributed by atoms with van der Waals surface area (Å²) in [5.41, 5.74) is 2.17. The van der Waals surface area contributed by atoms with Gasteiger partial charge in [-0.3, -0.25) is 5.21 Å². The highest BCUT2D eigenvalue weighted by Gasteiger charge is 2.31. The number of carbonyl (C=O) groups excluding carboxylic acids is 1. The molecule has 10 nitrogen and oxygen atoms in total. The molecule has 2 unspecified atom stereocenters. The quantitative estimate of drug-likeness (QED) is 0.110. The zero-order chi connectivity index (χ0) is 30.5. The second-order valence-electron chi connectivity index (χ2n) is 10.4. The summed E-state index contributed by atoms with van der Waals surface area (Å²) in [6.07, 6.45) is 8.18. The molecule has 1 heterocycles. The summed E-state index contributed by atoms with van der Waals surface area (Å²) in [5, 5.41) is 14.0. The maximum Gasteiger partial charge on any atom is 0.345 e. The number of methoxy groups -OCH3 is 4. The standard InChI is InChI=1S/C32H48N2O8/c1-7-9-10-11-12-13-16-34(36)32(35)33-24-18-22(19-27(37-3)30(24)41-17-8-2)25-14-15-26(42-25)23-20-28(38-4)31(40-6)29(21-23)39-5/h18-21,25-26,36H,7-17H2,1-6H3,(H,33,35). The maximum absolute atomic E-state index is 13.0. The molecule has 2 amide bonds. The highest BCUT2D eigenvalue weighted by molar-refractivity contribution is 5.91. The molecule has 0 saturated carbocycles. The van der Waals surface area contributed by atoms with Crippen LogP contribution in [0.2, 0.25) is 0 Å². The molecule has 10 heteroatoms. The second-order valence-corrected chi connectivity index (χ2v) is 10.4. The Bertz CT molecular complexity index is 1120. The van der Waals surface area contributed by atoms with E-state index in [1.54, 1.807) is 28.4 Å². The average molecular weight is 589 g/mol. The van der Waals surface area contributed by atoms with E-state index in [9.17, 15) is 10.0 Å². The van der Waals surface area contributed by atoms with Gasteiger partial charge in [-0.25, -0.2) is 9.86 Å². The number of rotatable bonds is 17. The number of ether oxygens (including phenoxy) is 6. The Morgan fingerprint density at radius 1 is 0.810 bits per heavy atom. The number of urea groups is 1. The van der Waals surface area contributed by atoms with Gasteiger partial charge in [-0.1, -0.05) is 46.0 Å². The fraction of sp³-hybridized carbons (Fsp3) is 0.594. The summed E-state index contributed by atoms with van der Waals surface area (Å²) in [4.78, 5) is 13.0. The lowest BCUT2D eigenvalue weighted by Crippen LogP contribution is -2.33. The van der Waals surface area contributed by atoms with E-state index < -0.39 is 6.03 Å². The number of hydrogen-bond acceptors (Lipinski definition) is 8. The van der Waals surface area contributed by atoms with Crippen molar-refractivity contribution in [3.63, 3.8) is 0 Å². The molecule has 42 heavy (non-hydrogen) atoms. The van der Waals surface area contributed by atoms with E-state index in [2.05, 4.69) is 12.2 Å². The van der Waals surface area contributed by atoms with Crippen LogP contribution in [-0.4, -0.2) is 57.9 Å². The number of unbranched alkanes of at least 4 members (excludes halogenated alkanes) is 5. The number of anilines is 1. The summed E-state index contributed by atoms with van der Waals surface area (Å²) in [7, 11) is 6.31. The number of amides is 2. The van der Waals surface area contributed by atoms with Crippen LogP contribution in [0.5, 0.6) is 28.7 Å². The fourth-order valence-electron chi connectivity index (χ4n) is 5.14. The Morgan fingerprint density at radius 3 is 1.90 bits per heavy atom. The van der Waals surface area contributed by atoms with Crippen molar-refractivity contribution in [2.24, 2.45) is 0 Å². The molecule has 1 saturated heterocycles. The van der Waals surface area contributed by atoms with Gasteiger partial charge in [-0.05, 0) is 61.1 Å². The van der Waals surface area contributed by atoms with Crippen molar-refractivity contribution < 1.29 is 38.4 Å². The first kappa shape index (κ1) is 33.1. The smallest absolute Gasteiger partial charge is 0.345 e. The van der Waals surface area contributed by atoms with Crippen LogP contribution in [0.25, 0.3) is 0 Å². The molecule has 2 aromatic carbocycles. The maximum atomic E-state index is 13.0. The van der Waals surface area contributed by atoms with Gasteiger partial charge in [-0.2, -0.15) is 0 Å². The zero-order valence-corrected chi connectivity index (χ0v) is 26.0. The first-order chi connectivity index (χ1) is 20.4. The highest BCUT2D eigenvalue weighted by Crippen LogP contribution is 2.48. The minimum atomic E-state index is -0.619. The Morgan fingerprint density at radius 2 is 1.36 bits per heavy atom.